The Morgan fingerprint density at radius 1 is 0.410 bits per heavy atom. The summed E-state index contributed by atoms with van der Waals surface area (Å²) in [5.74, 6) is 4.44. The molecule has 334 valence electrons. The van der Waals surface area contributed by atoms with Crippen LogP contribution in [0.2, 0.25) is 0 Å². The number of carbonyl (C=O) groups excluding carboxylic acids is 4. The van der Waals surface area contributed by atoms with E-state index in [1.54, 1.807) is 105 Å². The third kappa shape index (κ3) is 28.7. The van der Waals surface area contributed by atoms with Crippen molar-refractivity contribution in [2.45, 2.75) is 66.7 Å². The highest BCUT2D eigenvalue weighted by Crippen LogP contribution is 2.21. The standard InChI is InChI=1S/C21H26N2O3S2.C13H19NO2S2.C11H15NO2.CH4/c1-16-2-4-17(5-3-16)14-20(25)22-10-12-27-28-13-11-23-21(26)15-18-6-8-19(24)9-7-18;1-2-8-17-18-9-7-14-13(16)10-11-3-5-12(15)6-4-11;1-2-7-12-11(14)8-9-3-5-10(13)6-4-9;/h2-9,24H,10-15H2,1H3,(H,22,25)(H,23,26);3-6,15H,2,7-10H2,1H3,(H,14,16);3-6,13H,2,7-8H2,1H3,(H,12,14);1H4. The molecule has 4 aromatic rings. The van der Waals surface area contributed by atoms with Crippen LogP contribution in [0.1, 0.15) is 61.9 Å². The van der Waals surface area contributed by atoms with E-state index < -0.39 is 0 Å². The van der Waals surface area contributed by atoms with E-state index in [4.69, 9.17) is 10.2 Å². The highest BCUT2D eigenvalue weighted by Gasteiger charge is 2.06. The predicted molar refractivity (Wildman–Crippen MR) is 259 cm³/mol. The van der Waals surface area contributed by atoms with Gasteiger partial charge in [0, 0.05) is 49.2 Å². The topological polar surface area (TPSA) is 177 Å². The summed E-state index contributed by atoms with van der Waals surface area (Å²) >= 11 is 0. The molecule has 15 heteroatoms. The van der Waals surface area contributed by atoms with Gasteiger partial charge in [0.25, 0.3) is 0 Å². The molecule has 0 saturated carbocycles. The molecule has 0 saturated heterocycles. The second kappa shape index (κ2) is 34.2. The van der Waals surface area contributed by atoms with Crippen molar-refractivity contribution in [1.29, 1.82) is 0 Å². The zero-order valence-electron chi connectivity index (χ0n) is 34.7. The molecule has 11 nitrogen and oxygen atoms in total. The van der Waals surface area contributed by atoms with Crippen molar-refractivity contribution in [1.82, 2.24) is 21.3 Å². The molecule has 0 aliphatic rings. The number of nitrogens with one attached hydrogen (secondary N) is 4. The van der Waals surface area contributed by atoms with Crippen molar-refractivity contribution < 1.29 is 34.5 Å². The van der Waals surface area contributed by atoms with Crippen molar-refractivity contribution in [3.05, 3.63) is 125 Å². The van der Waals surface area contributed by atoms with Crippen molar-refractivity contribution in [3.8, 4) is 17.2 Å². The van der Waals surface area contributed by atoms with Crippen molar-refractivity contribution >= 4 is 66.8 Å². The van der Waals surface area contributed by atoms with Crippen molar-refractivity contribution in [2.75, 3.05) is 49.2 Å². The number of rotatable bonds is 23. The molecule has 0 bridgehead atoms. The summed E-state index contributed by atoms with van der Waals surface area (Å²) in [6.07, 6.45) is 3.59. The maximum Gasteiger partial charge on any atom is 0.224 e. The molecule has 0 aliphatic carbocycles. The average Bonchev–Trinajstić information content (AvgIpc) is 3.23. The van der Waals surface area contributed by atoms with Crippen molar-refractivity contribution in [3.63, 3.8) is 0 Å². The first-order valence-electron chi connectivity index (χ1n) is 19.9. The molecule has 61 heavy (non-hydrogen) atoms. The summed E-state index contributed by atoms with van der Waals surface area (Å²) in [6.45, 7) is 8.87. The van der Waals surface area contributed by atoms with Crippen LogP contribution in [0, 0.1) is 6.92 Å². The molecule has 0 fully saturated rings. The number of aryl methyl sites for hydroxylation is 1. The normalized spacial score (nSPS) is 10.1. The zero-order valence-corrected chi connectivity index (χ0v) is 38.0. The largest absolute Gasteiger partial charge is 0.508 e. The Morgan fingerprint density at radius 3 is 0.951 bits per heavy atom. The number of phenolic OH excluding ortho intramolecular Hbond substituents is 3. The minimum atomic E-state index is -0.0281. The summed E-state index contributed by atoms with van der Waals surface area (Å²) in [5, 5.41) is 38.9. The van der Waals surface area contributed by atoms with Gasteiger partial charge < -0.3 is 36.6 Å². The molecular weight excluding hydrogens is 849 g/mol. The molecule has 4 amide bonds. The first kappa shape index (κ1) is 54.6. The molecule has 0 heterocycles. The molecule has 0 unspecified atom stereocenters. The Labute approximate surface area is 378 Å². The van der Waals surface area contributed by atoms with Gasteiger partial charge in [0.05, 0.1) is 25.7 Å². The number of amides is 4. The minimum Gasteiger partial charge on any atom is -0.508 e. The van der Waals surface area contributed by atoms with E-state index in [9.17, 15) is 24.3 Å². The van der Waals surface area contributed by atoms with E-state index >= 15 is 0 Å². The number of hydrogen-bond acceptors (Lipinski definition) is 11. The minimum absolute atomic E-state index is 0. The fraction of sp³-hybridized carbons (Fsp3) is 0.391. The van der Waals surface area contributed by atoms with Crippen LogP contribution in [0.15, 0.2) is 97.1 Å². The molecular formula is C46H64N4O7S4. The van der Waals surface area contributed by atoms with Crippen LogP contribution < -0.4 is 21.3 Å². The van der Waals surface area contributed by atoms with E-state index in [0.717, 1.165) is 58.2 Å². The fourth-order valence-electron chi connectivity index (χ4n) is 4.82. The second-order valence-corrected chi connectivity index (χ2v) is 18.8. The van der Waals surface area contributed by atoms with Crippen LogP contribution in [0.3, 0.4) is 0 Å². The Hall–Kier alpha value is -4.44. The Kier molecular flexibility index (Phi) is 30.6. The van der Waals surface area contributed by atoms with Crippen LogP contribution in [0.25, 0.3) is 0 Å². The van der Waals surface area contributed by atoms with Gasteiger partial charge in [-0.05, 0) is 78.4 Å². The summed E-state index contributed by atoms with van der Waals surface area (Å²) in [5.41, 5.74) is 4.91. The first-order chi connectivity index (χ1) is 29.0. The smallest absolute Gasteiger partial charge is 0.224 e. The zero-order chi connectivity index (χ0) is 43.8. The Bertz CT molecular complexity index is 1730. The van der Waals surface area contributed by atoms with E-state index in [1.165, 1.54) is 12.0 Å². The van der Waals surface area contributed by atoms with Crippen LogP contribution in [0.4, 0.5) is 0 Å². The van der Waals surface area contributed by atoms with Gasteiger partial charge in [-0.25, -0.2) is 0 Å². The molecule has 0 spiro atoms. The molecule has 4 aromatic carbocycles. The van der Waals surface area contributed by atoms with Gasteiger partial charge in [-0.2, -0.15) is 0 Å². The molecule has 0 radical (unpaired) electrons. The fourth-order valence-corrected chi connectivity index (χ4v) is 8.68. The van der Waals surface area contributed by atoms with Gasteiger partial charge in [0.2, 0.25) is 23.6 Å². The van der Waals surface area contributed by atoms with Gasteiger partial charge in [0.1, 0.15) is 17.2 Å². The summed E-state index contributed by atoms with van der Waals surface area (Å²) in [6, 6.07) is 28.0. The lowest BCUT2D eigenvalue weighted by molar-refractivity contribution is -0.121. The van der Waals surface area contributed by atoms with E-state index in [1.807, 2.05) is 48.9 Å². The average molecular weight is 913 g/mol. The van der Waals surface area contributed by atoms with Gasteiger partial charge >= 0.3 is 0 Å². The number of carbonyl (C=O) groups is 4. The number of hydrogen-bond donors (Lipinski definition) is 7. The van der Waals surface area contributed by atoms with Crippen LogP contribution in [0.5, 0.6) is 17.2 Å². The highest BCUT2D eigenvalue weighted by atomic mass is 33.1. The number of phenols is 3. The van der Waals surface area contributed by atoms with E-state index in [-0.39, 0.29) is 48.3 Å². The summed E-state index contributed by atoms with van der Waals surface area (Å²) < 4.78 is 0. The maximum absolute atomic E-state index is 11.9. The van der Waals surface area contributed by atoms with Crippen LogP contribution in [-0.2, 0) is 44.9 Å². The van der Waals surface area contributed by atoms with Crippen LogP contribution in [-0.4, -0.2) is 88.1 Å². The molecule has 4 rings (SSSR count). The van der Waals surface area contributed by atoms with Gasteiger partial charge in [-0.3, -0.25) is 19.2 Å². The Balaban J connectivity index is 0.000000487. The molecule has 0 atom stereocenters. The SMILES string of the molecule is C.CCCNC(=O)Cc1ccc(O)cc1.CCCSSCCNC(=O)Cc1ccc(O)cc1.Cc1ccc(CC(=O)NCCSSCCNC(=O)Cc2ccc(O)cc2)cc1. The van der Waals surface area contributed by atoms with Crippen molar-refractivity contribution in [2.24, 2.45) is 0 Å². The molecule has 7 N–H and O–H groups in total. The third-order valence-electron chi connectivity index (χ3n) is 7.94. The monoisotopic (exact) mass is 912 g/mol. The maximum atomic E-state index is 11.9. The van der Waals surface area contributed by atoms with Gasteiger partial charge in [-0.15, -0.1) is 0 Å². The number of benzene rings is 4. The lowest BCUT2D eigenvalue weighted by Gasteiger charge is -2.07. The predicted octanol–water partition coefficient (Wildman–Crippen LogP) is 8.04. The lowest BCUT2D eigenvalue weighted by Crippen LogP contribution is -2.27. The van der Waals surface area contributed by atoms with Gasteiger partial charge in [-0.1, -0.05) is 131 Å². The van der Waals surface area contributed by atoms with Crippen LogP contribution >= 0.6 is 43.2 Å². The van der Waals surface area contributed by atoms with E-state index in [0.29, 0.717) is 45.3 Å². The molecule has 0 aliphatic heterocycles. The molecule has 0 aromatic heterocycles. The first-order valence-corrected chi connectivity index (χ1v) is 24.9. The second-order valence-electron chi connectivity index (χ2n) is 13.4. The lowest BCUT2D eigenvalue weighted by atomic mass is 10.1. The summed E-state index contributed by atoms with van der Waals surface area (Å²) in [7, 11) is 7.01. The quantitative estimate of drug-likeness (QED) is 0.0283. The highest BCUT2D eigenvalue weighted by molar-refractivity contribution is 8.77. The summed E-state index contributed by atoms with van der Waals surface area (Å²) in [4.78, 5) is 46.6. The Morgan fingerprint density at radius 2 is 0.672 bits per heavy atom. The third-order valence-corrected chi connectivity index (χ3v) is 13.0. The van der Waals surface area contributed by atoms with Gasteiger partial charge in [0.15, 0.2) is 0 Å². The number of aromatic hydroxyl groups is 3. The van der Waals surface area contributed by atoms with E-state index in [2.05, 4.69) is 28.2 Å².